The summed E-state index contributed by atoms with van der Waals surface area (Å²) in [7, 11) is 7.10. The fraction of sp³-hybridized carbons (Fsp3) is 0.952. The third-order valence-electron chi connectivity index (χ3n) is 8.36. The summed E-state index contributed by atoms with van der Waals surface area (Å²) >= 11 is 0. The molecule has 3 rings (SSSR count). The molecule has 3 fully saturated rings. The maximum absolute atomic E-state index is 9.17. The van der Waals surface area contributed by atoms with Crippen LogP contribution >= 0.6 is 0 Å². The van der Waals surface area contributed by atoms with Crippen LogP contribution in [0.1, 0.15) is 58.3 Å². The molecule has 26 heavy (non-hydrogen) atoms. The first-order valence-electron chi connectivity index (χ1n) is 10.0. The van der Waals surface area contributed by atoms with Crippen LogP contribution in [0.15, 0.2) is 0 Å². The fourth-order valence-electron chi connectivity index (χ4n) is 7.07. The Labute approximate surface area is 158 Å². The molecule has 0 heterocycles. The molecular formula is C21H35NO4. The summed E-state index contributed by atoms with van der Waals surface area (Å²) in [4.78, 5) is 0. The summed E-state index contributed by atoms with van der Waals surface area (Å²) in [5.74, 6) is 1.05. The number of nitriles is 1. The van der Waals surface area contributed by atoms with Crippen molar-refractivity contribution in [2.45, 2.75) is 69.9 Å². The first kappa shape index (κ1) is 20.1. The van der Waals surface area contributed by atoms with Gasteiger partial charge in [0, 0.05) is 59.0 Å². The topological polar surface area (TPSA) is 60.7 Å². The highest BCUT2D eigenvalue weighted by atomic mass is 16.7. The lowest BCUT2D eigenvalue weighted by Gasteiger charge is -2.58. The lowest BCUT2D eigenvalue weighted by Crippen LogP contribution is -2.58. The Morgan fingerprint density at radius 2 is 1.54 bits per heavy atom. The van der Waals surface area contributed by atoms with Crippen molar-refractivity contribution in [3.63, 3.8) is 0 Å². The SMILES string of the molecule is COC1(OC)CC[C@@H]2[C@H](CC[C@@]3(C)[C@H]2CCC3(OC)OC)C1CCC#N. The van der Waals surface area contributed by atoms with Crippen molar-refractivity contribution in [3.8, 4) is 6.07 Å². The van der Waals surface area contributed by atoms with Crippen LogP contribution in [0.5, 0.6) is 0 Å². The molecule has 0 spiro atoms. The number of ether oxygens (including phenoxy) is 4. The Kier molecular flexibility index (Phi) is 5.71. The van der Waals surface area contributed by atoms with Gasteiger partial charge >= 0.3 is 0 Å². The Hall–Kier alpha value is -0.670. The van der Waals surface area contributed by atoms with Gasteiger partial charge in [-0.2, -0.15) is 5.26 Å². The van der Waals surface area contributed by atoms with Crippen molar-refractivity contribution in [3.05, 3.63) is 0 Å². The van der Waals surface area contributed by atoms with Crippen LogP contribution in [0.25, 0.3) is 0 Å². The van der Waals surface area contributed by atoms with Gasteiger partial charge in [-0.15, -0.1) is 0 Å². The van der Waals surface area contributed by atoms with E-state index in [1.165, 1.54) is 0 Å². The number of fused-ring (bicyclic) bond motifs is 3. The summed E-state index contributed by atoms with van der Waals surface area (Å²) < 4.78 is 23.8. The molecule has 0 aromatic carbocycles. The van der Waals surface area contributed by atoms with E-state index in [1.54, 1.807) is 28.4 Å². The van der Waals surface area contributed by atoms with E-state index in [0.29, 0.717) is 24.2 Å². The number of methoxy groups -OCH3 is 4. The van der Waals surface area contributed by atoms with Crippen LogP contribution in [-0.4, -0.2) is 40.0 Å². The molecule has 5 heteroatoms. The molecule has 0 aromatic rings. The Morgan fingerprint density at radius 1 is 0.885 bits per heavy atom. The maximum Gasteiger partial charge on any atom is 0.173 e. The standard InChI is InChI=1S/C21H35NO4/c1-19-11-8-16-15(17(19)10-13-21(19,25-4)26-5)9-12-20(23-2,24-3)18(16)7-6-14-22/h15-18H,6-13H2,1-5H3/t15-,16+,17+,18?,19+/m1/s1. The smallest absolute Gasteiger partial charge is 0.173 e. The molecule has 0 aromatic heterocycles. The highest BCUT2D eigenvalue weighted by molar-refractivity contribution is 5.10. The number of hydrogen-bond donors (Lipinski definition) is 0. The van der Waals surface area contributed by atoms with E-state index in [4.69, 9.17) is 24.2 Å². The third kappa shape index (κ3) is 2.64. The Balaban J connectivity index is 1.91. The molecule has 1 unspecified atom stereocenters. The Morgan fingerprint density at radius 3 is 2.12 bits per heavy atom. The van der Waals surface area contributed by atoms with Crippen LogP contribution in [0.2, 0.25) is 0 Å². The molecule has 0 saturated heterocycles. The zero-order chi connectivity index (χ0) is 19.0. The second-order valence-electron chi connectivity index (χ2n) is 8.65. The minimum absolute atomic E-state index is 0.0532. The number of rotatable bonds is 6. The average molecular weight is 366 g/mol. The first-order chi connectivity index (χ1) is 12.5. The molecule has 3 aliphatic rings. The molecule has 3 saturated carbocycles. The lowest BCUT2D eigenvalue weighted by atomic mass is 9.52. The normalized spacial score (nSPS) is 40.5. The van der Waals surface area contributed by atoms with Crippen molar-refractivity contribution >= 4 is 0 Å². The minimum Gasteiger partial charge on any atom is -0.353 e. The van der Waals surface area contributed by atoms with Crippen LogP contribution in [-0.2, 0) is 18.9 Å². The van der Waals surface area contributed by atoms with Gasteiger partial charge in [-0.05, 0) is 49.9 Å². The van der Waals surface area contributed by atoms with E-state index in [0.717, 1.165) is 44.9 Å². The highest BCUT2D eigenvalue weighted by Crippen LogP contribution is 2.66. The maximum atomic E-state index is 9.17. The van der Waals surface area contributed by atoms with Gasteiger partial charge in [0.1, 0.15) is 0 Å². The van der Waals surface area contributed by atoms with Crippen molar-refractivity contribution in [2.24, 2.45) is 29.1 Å². The van der Waals surface area contributed by atoms with Crippen LogP contribution < -0.4 is 0 Å². The minimum atomic E-state index is -0.538. The molecule has 148 valence electrons. The molecule has 0 aliphatic heterocycles. The molecule has 0 amide bonds. The van der Waals surface area contributed by atoms with Crippen LogP contribution in [0, 0.1) is 40.4 Å². The first-order valence-corrected chi connectivity index (χ1v) is 10.0. The zero-order valence-corrected chi connectivity index (χ0v) is 17.0. The molecule has 0 N–H and O–H groups in total. The third-order valence-corrected chi connectivity index (χ3v) is 8.36. The zero-order valence-electron chi connectivity index (χ0n) is 17.0. The average Bonchev–Trinajstić information content (AvgIpc) is 2.98. The van der Waals surface area contributed by atoms with Crippen molar-refractivity contribution < 1.29 is 18.9 Å². The van der Waals surface area contributed by atoms with E-state index in [2.05, 4.69) is 13.0 Å². The van der Waals surface area contributed by atoms with Crippen LogP contribution in [0.3, 0.4) is 0 Å². The van der Waals surface area contributed by atoms with Gasteiger partial charge in [0.25, 0.3) is 0 Å². The van der Waals surface area contributed by atoms with E-state index in [1.807, 2.05) is 0 Å². The van der Waals surface area contributed by atoms with Crippen LogP contribution in [0.4, 0.5) is 0 Å². The van der Waals surface area contributed by atoms with E-state index in [-0.39, 0.29) is 11.3 Å². The molecule has 5 atom stereocenters. The van der Waals surface area contributed by atoms with Gasteiger partial charge in [0.05, 0.1) is 6.07 Å². The second-order valence-corrected chi connectivity index (χ2v) is 8.65. The number of hydrogen-bond acceptors (Lipinski definition) is 5. The largest absolute Gasteiger partial charge is 0.353 e. The van der Waals surface area contributed by atoms with Gasteiger partial charge in [0.2, 0.25) is 0 Å². The molecule has 5 nitrogen and oxygen atoms in total. The molecule has 0 bridgehead atoms. The van der Waals surface area contributed by atoms with Gasteiger partial charge in [-0.1, -0.05) is 6.92 Å². The molecule has 0 radical (unpaired) electrons. The second kappa shape index (κ2) is 7.39. The highest BCUT2D eigenvalue weighted by Gasteiger charge is 2.65. The molecular weight excluding hydrogens is 330 g/mol. The summed E-state index contributed by atoms with van der Waals surface area (Å²) in [5.41, 5.74) is 0.0532. The van der Waals surface area contributed by atoms with E-state index < -0.39 is 11.6 Å². The fourth-order valence-corrected chi connectivity index (χ4v) is 7.07. The van der Waals surface area contributed by atoms with E-state index in [9.17, 15) is 0 Å². The quantitative estimate of drug-likeness (QED) is 0.663. The van der Waals surface area contributed by atoms with Gasteiger partial charge in [0.15, 0.2) is 11.6 Å². The van der Waals surface area contributed by atoms with Gasteiger partial charge in [-0.25, -0.2) is 0 Å². The summed E-state index contributed by atoms with van der Waals surface area (Å²) in [6.07, 6.45) is 7.75. The summed E-state index contributed by atoms with van der Waals surface area (Å²) in [6, 6.07) is 2.33. The predicted octanol–water partition coefficient (Wildman–Crippen LogP) is 4.12. The van der Waals surface area contributed by atoms with Crippen molar-refractivity contribution in [1.29, 1.82) is 5.26 Å². The summed E-state index contributed by atoms with van der Waals surface area (Å²) in [5, 5.41) is 9.17. The lowest BCUT2D eigenvalue weighted by molar-refractivity contribution is -0.302. The van der Waals surface area contributed by atoms with Gasteiger partial charge in [-0.3, -0.25) is 0 Å². The predicted molar refractivity (Wildman–Crippen MR) is 98.1 cm³/mol. The molecule has 3 aliphatic carbocycles. The Bertz CT molecular complexity index is 537. The van der Waals surface area contributed by atoms with Gasteiger partial charge < -0.3 is 18.9 Å². The summed E-state index contributed by atoms with van der Waals surface area (Å²) in [6.45, 7) is 2.37. The van der Waals surface area contributed by atoms with E-state index >= 15 is 0 Å². The number of nitrogens with zero attached hydrogens (tertiary/aromatic N) is 1. The monoisotopic (exact) mass is 365 g/mol. The van der Waals surface area contributed by atoms with Crippen molar-refractivity contribution in [2.75, 3.05) is 28.4 Å². The van der Waals surface area contributed by atoms with Crippen molar-refractivity contribution in [1.82, 2.24) is 0 Å².